The zero-order valence-electron chi connectivity index (χ0n) is 6.95. The molecular weight excluding hydrogens is 156 g/mol. The van der Waals surface area contributed by atoms with Crippen molar-refractivity contribution >= 4 is 0 Å². The summed E-state index contributed by atoms with van der Waals surface area (Å²) < 4.78 is 0. The second-order valence-corrected chi connectivity index (χ2v) is 4.78. The van der Waals surface area contributed by atoms with E-state index in [9.17, 15) is 10.2 Å². The Morgan fingerprint density at radius 1 is 1.08 bits per heavy atom. The van der Waals surface area contributed by atoms with Crippen LogP contribution >= 0.6 is 0 Å². The molecular formula is C9H14O3. The van der Waals surface area contributed by atoms with Crippen molar-refractivity contribution in [3.63, 3.8) is 0 Å². The van der Waals surface area contributed by atoms with Gasteiger partial charge in [-0.05, 0) is 36.5 Å². The third kappa shape index (κ3) is 0.543. The molecule has 3 saturated carbocycles. The molecule has 3 heteroatoms. The third-order valence-electron chi connectivity index (χ3n) is 4.29. The number of hydrogen-bond acceptors (Lipinski definition) is 3. The van der Waals surface area contributed by atoms with Crippen molar-refractivity contribution in [3.8, 4) is 0 Å². The van der Waals surface area contributed by atoms with Crippen molar-refractivity contribution in [1.82, 2.24) is 0 Å². The smallest absolute Gasteiger partial charge is 0.190 e. The maximum atomic E-state index is 9.52. The molecule has 0 aromatic heterocycles. The van der Waals surface area contributed by atoms with Crippen molar-refractivity contribution in [1.29, 1.82) is 0 Å². The molecule has 12 heavy (non-hydrogen) atoms. The molecule has 0 radical (unpaired) electrons. The molecule has 3 aliphatic carbocycles. The fourth-order valence-corrected chi connectivity index (χ4v) is 3.56. The first-order valence-electron chi connectivity index (χ1n) is 4.65. The van der Waals surface area contributed by atoms with E-state index in [1.165, 1.54) is 0 Å². The van der Waals surface area contributed by atoms with Gasteiger partial charge in [0.25, 0.3) is 0 Å². The molecule has 0 aromatic carbocycles. The summed E-state index contributed by atoms with van der Waals surface area (Å²) in [6.07, 6.45) is 4.56. The molecule has 0 saturated heterocycles. The molecule has 0 aliphatic heterocycles. The van der Waals surface area contributed by atoms with Gasteiger partial charge >= 0.3 is 0 Å². The lowest BCUT2D eigenvalue weighted by Gasteiger charge is -2.19. The molecule has 3 rings (SSSR count). The van der Waals surface area contributed by atoms with E-state index in [2.05, 4.69) is 0 Å². The van der Waals surface area contributed by atoms with Crippen LogP contribution in [0.3, 0.4) is 0 Å². The lowest BCUT2D eigenvalue weighted by Crippen LogP contribution is -2.37. The van der Waals surface area contributed by atoms with Crippen LogP contribution in [0.25, 0.3) is 0 Å². The van der Waals surface area contributed by atoms with E-state index < -0.39 is 12.4 Å². The van der Waals surface area contributed by atoms with Gasteiger partial charge in [0, 0.05) is 5.92 Å². The van der Waals surface area contributed by atoms with Crippen molar-refractivity contribution in [2.45, 2.75) is 31.5 Å². The predicted octanol–water partition coefficient (Wildman–Crippen LogP) is -0.150. The minimum absolute atomic E-state index is 0.0255. The third-order valence-corrected chi connectivity index (χ3v) is 4.29. The molecule has 3 fully saturated rings. The van der Waals surface area contributed by atoms with Gasteiger partial charge in [-0.15, -0.1) is 0 Å². The zero-order valence-corrected chi connectivity index (χ0v) is 6.95. The van der Waals surface area contributed by atoms with E-state index >= 15 is 0 Å². The van der Waals surface area contributed by atoms with Crippen LogP contribution in [0.4, 0.5) is 0 Å². The number of aliphatic hydroxyl groups is 3. The highest BCUT2D eigenvalue weighted by Gasteiger charge is 2.90. The van der Waals surface area contributed by atoms with Crippen LogP contribution in [0.15, 0.2) is 0 Å². The van der Waals surface area contributed by atoms with E-state index in [-0.39, 0.29) is 16.7 Å². The van der Waals surface area contributed by atoms with Crippen LogP contribution in [0, 0.1) is 16.7 Å². The van der Waals surface area contributed by atoms with Gasteiger partial charge in [0.2, 0.25) is 0 Å². The van der Waals surface area contributed by atoms with E-state index in [1.54, 1.807) is 0 Å². The fraction of sp³-hybridized carbons (Fsp3) is 1.00. The van der Waals surface area contributed by atoms with Crippen LogP contribution in [0.1, 0.15) is 25.7 Å². The van der Waals surface area contributed by atoms with Gasteiger partial charge in [-0.25, -0.2) is 0 Å². The van der Waals surface area contributed by atoms with Gasteiger partial charge in [-0.2, -0.15) is 0 Å². The summed E-state index contributed by atoms with van der Waals surface area (Å²) in [6, 6.07) is 0. The van der Waals surface area contributed by atoms with Crippen LogP contribution in [-0.4, -0.2) is 27.7 Å². The summed E-state index contributed by atoms with van der Waals surface area (Å²) in [5, 5.41) is 27.9. The van der Waals surface area contributed by atoms with Crippen LogP contribution in [0.2, 0.25) is 0 Å². The first-order chi connectivity index (χ1) is 5.59. The Morgan fingerprint density at radius 2 is 1.50 bits per heavy atom. The van der Waals surface area contributed by atoms with Gasteiger partial charge in [-0.1, -0.05) is 0 Å². The van der Waals surface area contributed by atoms with E-state index in [4.69, 9.17) is 5.11 Å². The number of fused-ring (bicyclic) bond motifs is 1. The fourth-order valence-electron chi connectivity index (χ4n) is 3.56. The number of aliphatic hydroxyl groups excluding tert-OH is 1. The largest absolute Gasteiger partial charge is 0.391 e. The normalized spacial score (nSPS) is 38.8. The van der Waals surface area contributed by atoms with Gasteiger partial charge < -0.3 is 15.3 Å². The average Bonchev–Trinajstić information content (AvgIpc) is 2.83. The zero-order chi connectivity index (χ0) is 8.61. The number of hydrogen-bond donors (Lipinski definition) is 3. The maximum Gasteiger partial charge on any atom is 0.190 e. The Kier molecular flexibility index (Phi) is 0.965. The molecule has 68 valence electrons. The van der Waals surface area contributed by atoms with Gasteiger partial charge in [0.05, 0.1) is 6.61 Å². The maximum absolute atomic E-state index is 9.52. The predicted molar refractivity (Wildman–Crippen MR) is 41.1 cm³/mol. The highest BCUT2D eigenvalue weighted by atomic mass is 16.5. The highest BCUT2D eigenvalue weighted by Crippen LogP contribution is 2.93. The average molecular weight is 170 g/mol. The molecule has 3 aliphatic rings. The molecule has 0 aromatic rings. The highest BCUT2D eigenvalue weighted by molar-refractivity contribution is 5.36. The summed E-state index contributed by atoms with van der Waals surface area (Å²) in [5.41, 5.74) is 0.498. The Labute approximate surface area is 71.0 Å². The van der Waals surface area contributed by atoms with E-state index in [0.717, 1.165) is 25.7 Å². The van der Waals surface area contributed by atoms with E-state index in [0.29, 0.717) is 0 Å². The SMILES string of the molecule is OCC(O)(O)C1C2(CC2)C12CC2. The van der Waals surface area contributed by atoms with Crippen molar-refractivity contribution < 1.29 is 15.3 Å². The van der Waals surface area contributed by atoms with Gasteiger partial charge in [0.15, 0.2) is 5.79 Å². The first kappa shape index (κ1) is 7.30. The Bertz CT molecular complexity index is 220. The summed E-state index contributed by atoms with van der Waals surface area (Å²) >= 11 is 0. The quantitative estimate of drug-likeness (QED) is 0.505. The first-order valence-corrected chi connectivity index (χ1v) is 4.65. The molecule has 0 unspecified atom stereocenters. The van der Waals surface area contributed by atoms with E-state index in [1.807, 2.05) is 0 Å². The summed E-state index contributed by atoms with van der Waals surface area (Å²) in [4.78, 5) is 0. The summed E-state index contributed by atoms with van der Waals surface area (Å²) in [5.74, 6) is -1.82. The Hall–Kier alpha value is -0.120. The molecule has 0 heterocycles. The number of rotatable bonds is 2. The lowest BCUT2D eigenvalue weighted by atomic mass is 10.1. The second-order valence-electron chi connectivity index (χ2n) is 4.78. The lowest BCUT2D eigenvalue weighted by molar-refractivity contribution is -0.207. The van der Waals surface area contributed by atoms with Crippen molar-refractivity contribution in [2.24, 2.45) is 16.7 Å². The molecule has 3 nitrogen and oxygen atoms in total. The van der Waals surface area contributed by atoms with Crippen molar-refractivity contribution in [3.05, 3.63) is 0 Å². The van der Waals surface area contributed by atoms with Crippen LogP contribution in [0.5, 0.6) is 0 Å². The molecule has 2 spiro atoms. The standard InChI is InChI=1S/C9H14O3/c10-5-9(11,12)6-7(1-2-7)8(6)3-4-8/h6,10-12H,1-5H2. The minimum Gasteiger partial charge on any atom is -0.391 e. The van der Waals surface area contributed by atoms with Gasteiger partial charge in [0.1, 0.15) is 0 Å². The molecule has 0 amide bonds. The second kappa shape index (κ2) is 1.59. The molecule has 0 atom stereocenters. The van der Waals surface area contributed by atoms with Crippen LogP contribution in [-0.2, 0) is 0 Å². The minimum atomic E-state index is -1.80. The topological polar surface area (TPSA) is 60.7 Å². The van der Waals surface area contributed by atoms with Crippen molar-refractivity contribution in [2.75, 3.05) is 6.61 Å². The Balaban J connectivity index is 1.88. The Morgan fingerprint density at radius 3 is 1.75 bits per heavy atom. The summed E-state index contributed by atoms with van der Waals surface area (Å²) in [6.45, 7) is -0.513. The molecule has 3 N–H and O–H groups in total. The van der Waals surface area contributed by atoms with Gasteiger partial charge in [-0.3, -0.25) is 0 Å². The summed E-state index contributed by atoms with van der Waals surface area (Å²) in [7, 11) is 0. The monoisotopic (exact) mass is 170 g/mol. The van der Waals surface area contributed by atoms with Crippen LogP contribution < -0.4 is 0 Å². The molecule has 0 bridgehead atoms.